The molecule has 0 bridgehead atoms. The van der Waals surface area contributed by atoms with E-state index in [2.05, 4.69) is 32.8 Å². The van der Waals surface area contributed by atoms with Crippen molar-refractivity contribution in [1.82, 2.24) is 9.80 Å². The van der Waals surface area contributed by atoms with Gasteiger partial charge in [-0.2, -0.15) is 0 Å². The van der Waals surface area contributed by atoms with E-state index in [4.69, 9.17) is 0 Å². The Labute approximate surface area is 132 Å². The minimum Gasteiger partial charge on any atom is -0.478 e. The summed E-state index contributed by atoms with van der Waals surface area (Å²) in [4.78, 5) is 16.8. The molecule has 2 rings (SSSR count). The fourth-order valence-electron chi connectivity index (χ4n) is 2.15. The molecule has 1 saturated heterocycles. The van der Waals surface area contributed by atoms with Crippen LogP contribution in [-0.2, 0) is 0 Å². The molecule has 6 heteroatoms. The van der Waals surface area contributed by atoms with Crippen LogP contribution in [0.3, 0.4) is 0 Å². The van der Waals surface area contributed by atoms with Crippen LogP contribution < -0.4 is 0 Å². The van der Waals surface area contributed by atoms with Gasteiger partial charge < -0.3 is 10.0 Å². The molecule has 110 valence electrons. The lowest BCUT2D eigenvalue weighted by Crippen LogP contribution is -2.45. The summed E-state index contributed by atoms with van der Waals surface area (Å²) in [6, 6.07) is 5.32. The number of aromatic carboxylic acids is 1. The second-order valence-corrected chi connectivity index (χ2v) is 6.99. The molecule has 1 aromatic rings. The fraction of sp³-hybridized carbons (Fsp3) is 0.500. The minimum atomic E-state index is -0.861. The largest absolute Gasteiger partial charge is 0.478 e. The fourth-order valence-corrected chi connectivity index (χ4v) is 3.75. The van der Waals surface area contributed by atoms with Crippen LogP contribution in [0.15, 0.2) is 27.6 Å². The second-order valence-electron chi connectivity index (χ2n) is 4.94. The zero-order valence-electron chi connectivity index (χ0n) is 11.5. The van der Waals surface area contributed by atoms with E-state index in [-0.39, 0.29) is 0 Å². The molecule has 1 heterocycles. The number of nitrogens with zero attached hydrogens (tertiary/aromatic N) is 2. The van der Waals surface area contributed by atoms with Crippen molar-refractivity contribution in [3.05, 3.63) is 28.2 Å². The van der Waals surface area contributed by atoms with Crippen LogP contribution in [0.1, 0.15) is 10.4 Å². The van der Waals surface area contributed by atoms with Gasteiger partial charge in [-0.15, -0.1) is 11.8 Å². The molecule has 1 aliphatic rings. The molecule has 0 spiro atoms. The van der Waals surface area contributed by atoms with Crippen LogP contribution >= 0.6 is 27.7 Å². The molecule has 1 N–H and O–H groups in total. The van der Waals surface area contributed by atoms with Crippen molar-refractivity contribution in [3.63, 3.8) is 0 Å². The topological polar surface area (TPSA) is 43.8 Å². The van der Waals surface area contributed by atoms with Crippen LogP contribution in [0.2, 0.25) is 0 Å². The lowest BCUT2D eigenvalue weighted by Gasteiger charge is -2.32. The molecule has 1 fully saturated rings. The first-order valence-electron chi connectivity index (χ1n) is 6.63. The number of halogens is 1. The molecular formula is C14H19BrN2O2S. The highest BCUT2D eigenvalue weighted by atomic mass is 79.9. The highest BCUT2D eigenvalue weighted by Crippen LogP contribution is 2.26. The number of piperazine rings is 1. The number of thioether (sulfide) groups is 1. The van der Waals surface area contributed by atoms with Gasteiger partial charge in [0.1, 0.15) is 0 Å². The smallest absolute Gasteiger partial charge is 0.336 e. The molecular weight excluding hydrogens is 340 g/mol. The molecule has 0 aliphatic carbocycles. The molecule has 0 saturated carbocycles. The van der Waals surface area contributed by atoms with E-state index in [1.165, 1.54) is 0 Å². The van der Waals surface area contributed by atoms with Crippen molar-refractivity contribution >= 4 is 33.7 Å². The maximum Gasteiger partial charge on any atom is 0.336 e. The number of carboxylic acids is 1. The average Bonchev–Trinajstić information content (AvgIpc) is 2.41. The van der Waals surface area contributed by atoms with E-state index in [1.54, 1.807) is 23.9 Å². The predicted octanol–water partition coefficient (Wildman–Crippen LogP) is 2.49. The molecule has 0 atom stereocenters. The molecule has 4 nitrogen and oxygen atoms in total. The van der Waals surface area contributed by atoms with Gasteiger partial charge in [0.15, 0.2) is 0 Å². The standard InChI is InChI=1S/C14H19BrN2O2S/c1-16-4-6-17(7-5-16)8-9-20-13-10-11(15)2-3-12(13)14(18)19/h2-3,10H,4-9H2,1H3,(H,18,19). The molecule has 20 heavy (non-hydrogen) atoms. The van der Waals surface area contributed by atoms with E-state index in [9.17, 15) is 9.90 Å². The van der Waals surface area contributed by atoms with E-state index in [0.29, 0.717) is 5.56 Å². The summed E-state index contributed by atoms with van der Waals surface area (Å²) in [5.74, 6) is 0.0556. The maximum atomic E-state index is 11.2. The normalized spacial score (nSPS) is 17.3. The summed E-state index contributed by atoms with van der Waals surface area (Å²) in [5, 5.41) is 9.19. The first-order valence-corrected chi connectivity index (χ1v) is 8.40. The van der Waals surface area contributed by atoms with Gasteiger partial charge in [0.25, 0.3) is 0 Å². The molecule has 1 aromatic carbocycles. The van der Waals surface area contributed by atoms with Gasteiger partial charge in [-0.3, -0.25) is 4.90 Å². The Kier molecular flexibility index (Phi) is 5.89. The maximum absolute atomic E-state index is 11.2. The molecule has 1 aliphatic heterocycles. The summed E-state index contributed by atoms with van der Waals surface area (Å²) in [5.41, 5.74) is 0.386. The van der Waals surface area contributed by atoms with Crippen molar-refractivity contribution in [1.29, 1.82) is 0 Å². The van der Waals surface area contributed by atoms with Crippen molar-refractivity contribution < 1.29 is 9.90 Å². The Hall–Kier alpha value is -0.560. The van der Waals surface area contributed by atoms with Gasteiger partial charge in [-0.25, -0.2) is 4.79 Å². The lowest BCUT2D eigenvalue weighted by molar-refractivity contribution is 0.0693. The van der Waals surface area contributed by atoms with Gasteiger partial charge in [-0.1, -0.05) is 15.9 Å². The summed E-state index contributed by atoms with van der Waals surface area (Å²) < 4.78 is 0.921. The third-order valence-electron chi connectivity index (χ3n) is 3.44. The van der Waals surface area contributed by atoms with Gasteiger partial charge in [0.05, 0.1) is 5.56 Å². The average molecular weight is 359 g/mol. The van der Waals surface area contributed by atoms with E-state index >= 15 is 0 Å². The number of hydrogen-bond acceptors (Lipinski definition) is 4. The quantitative estimate of drug-likeness (QED) is 0.819. The second kappa shape index (κ2) is 7.45. The van der Waals surface area contributed by atoms with Crippen molar-refractivity contribution in [3.8, 4) is 0 Å². The van der Waals surface area contributed by atoms with Crippen LogP contribution in [0.25, 0.3) is 0 Å². The molecule has 0 radical (unpaired) electrons. The van der Waals surface area contributed by atoms with E-state index in [1.807, 2.05) is 6.07 Å². The zero-order chi connectivity index (χ0) is 14.5. The van der Waals surface area contributed by atoms with Gasteiger partial charge in [-0.05, 0) is 25.2 Å². The van der Waals surface area contributed by atoms with Crippen molar-refractivity contribution in [2.75, 3.05) is 45.5 Å². The molecule has 0 amide bonds. The first kappa shape index (κ1) is 15.8. The predicted molar refractivity (Wildman–Crippen MR) is 85.8 cm³/mol. The molecule has 0 unspecified atom stereocenters. The number of carboxylic acid groups (broad SMARTS) is 1. The summed E-state index contributed by atoms with van der Waals surface area (Å²) in [7, 11) is 2.15. The number of rotatable bonds is 5. The van der Waals surface area contributed by atoms with Gasteiger partial charge >= 0.3 is 5.97 Å². The third-order valence-corrected chi connectivity index (χ3v) is 4.96. The lowest BCUT2D eigenvalue weighted by atomic mass is 10.2. The highest BCUT2D eigenvalue weighted by Gasteiger charge is 2.14. The van der Waals surface area contributed by atoms with Gasteiger partial charge in [0.2, 0.25) is 0 Å². The monoisotopic (exact) mass is 358 g/mol. The first-order chi connectivity index (χ1) is 9.56. The SMILES string of the molecule is CN1CCN(CCSc2cc(Br)ccc2C(=O)O)CC1. The van der Waals surface area contributed by atoms with E-state index < -0.39 is 5.97 Å². The summed E-state index contributed by atoms with van der Waals surface area (Å²) >= 11 is 5.02. The van der Waals surface area contributed by atoms with Crippen LogP contribution in [0.5, 0.6) is 0 Å². The van der Waals surface area contributed by atoms with Crippen LogP contribution in [0.4, 0.5) is 0 Å². The highest BCUT2D eigenvalue weighted by molar-refractivity contribution is 9.10. The van der Waals surface area contributed by atoms with Crippen molar-refractivity contribution in [2.24, 2.45) is 0 Å². The summed E-state index contributed by atoms with van der Waals surface area (Å²) in [6.45, 7) is 5.43. The number of carbonyl (C=O) groups is 1. The molecule has 0 aromatic heterocycles. The minimum absolute atomic E-state index is 0.386. The summed E-state index contributed by atoms with van der Waals surface area (Å²) in [6.07, 6.45) is 0. The number of likely N-dealkylation sites (N-methyl/N-ethyl adjacent to an activating group) is 1. The van der Waals surface area contributed by atoms with E-state index in [0.717, 1.165) is 47.8 Å². The van der Waals surface area contributed by atoms with Gasteiger partial charge in [0, 0.05) is 47.8 Å². The Balaban J connectivity index is 1.87. The number of benzene rings is 1. The Morgan fingerprint density at radius 2 is 2.05 bits per heavy atom. The Morgan fingerprint density at radius 3 is 2.70 bits per heavy atom. The van der Waals surface area contributed by atoms with Crippen LogP contribution in [-0.4, -0.2) is 66.4 Å². The number of hydrogen-bond donors (Lipinski definition) is 1. The Bertz CT molecular complexity index is 476. The van der Waals surface area contributed by atoms with Crippen LogP contribution in [0, 0.1) is 0 Å². The zero-order valence-corrected chi connectivity index (χ0v) is 13.9. The third kappa shape index (κ3) is 4.48. The van der Waals surface area contributed by atoms with Crippen molar-refractivity contribution in [2.45, 2.75) is 4.90 Å². The Morgan fingerprint density at radius 1 is 1.35 bits per heavy atom.